The molecule has 3 nitrogen and oxygen atoms in total. The van der Waals surface area contributed by atoms with Crippen molar-refractivity contribution in [2.24, 2.45) is 0 Å². The second-order valence-corrected chi connectivity index (χ2v) is 3.61. The highest BCUT2D eigenvalue weighted by Crippen LogP contribution is 2.23. The molecule has 16 heavy (non-hydrogen) atoms. The van der Waals surface area contributed by atoms with Gasteiger partial charge in [-0.15, -0.1) is 0 Å². The lowest BCUT2D eigenvalue weighted by Gasteiger charge is -2.06. The largest absolute Gasteiger partial charge is 0.487 e. The smallest absolute Gasteiger partial charge is 0.139 e. The molecule has 0 fully saturated rings. The van der Waals surface area contributed by atoms with Gasteiger partial charge in [-0.05, 0) is 18.2 Å². The van der Waals surface area contributed by atoms with Gasteiger partial charge in [0.2, 0.25) is 0 Å². The Morgan fingerprint density at radius 2 is 2.25 bits per heavy atom. The second kappa shape index (κ2) is 4.73. The van der Waals surface area contributed by atoms with E-state index < -0.39 is 0 Å². The topological polar surface area (TPSA) is 46.2 Å². The minimum atomic E-state index is 0.353. The number of ether oxygens (including phenoxy) is 1. The van der Waals surface area contributed by atoms with E-state index in [0.29, 0.717) is 22.9 Å². The van der Waals surface area contributed by atoms with Gasteiger partial charge in [-0.3, -0.25) is 0 Å². The van der Waals surface area contributed by atoms with Crippen LogP contribution in [0.2, 0.25) is 5.02 Å². The number of hydrogen-bond donors (Lipinski definition) is 0. The molecule has 4 heteroatoms. The first kappa shape index (κ1) is 10.6. The first-order valence-electron chi connectivity index (χ1n) is 4.63. The Morgan fingerprint density at radius 1 is 1.38 bits per heavy atom. The van der Waals surface area contributed by atoms with E-state index in [4.69, 9.17) is 26.0 Å². The van der Waals surface area contributed by atoms with E-state index in [1.807, 2.05) is 6.07 Å². The number of furan rings is 1. The lowest BCUT2D eigenvalue weighted by atomic mass is 10.2. The third kappa shape index (κ3) is 2.36. The Kier molecular flexibility index (Phi) is 3.13. The summed E-state index contributed by atoms with van der Waals surface area (Å²) >= 11 is 5.83. The molecule has 0 saturated heterocycles. The molecule has 2 rings (SSSR count). The highest BCUT2D eigenvalue weighted by atomic mass is 35.5. The summed E-state index contributed by atoms with van der Waals surface area (Å²) in [7, 11) is 0. The highest BCUT2D eigenvalue weighted by molar-refractivity contribution is 6.30. The predicted molar refractivity (Wildman–Crippen MR) is 59.2 cm³/mol. The zero-order valence-electron chi connectivity index (χ0n) is 8.31. The van der Waals surface area contributed by atoms with Crippen LogP contribution < -0.4 is 4.74 Å². The van der Waals surface area contributed by atoms with Crippen molar-refractivity contribution in [2.45, 2.75) is 6.61 Å². The zero-order chi connectivity index (χ0) is 11.4. The molecule has 0 N–H and O–H groups in total. The van der Waals surface area contributed by atoms with E-state index >= 15 is 0 Å². The van der Waals surface area contributed by atoms with Gasteiger partial charge in [-0.25, -0.2) is 0 Å². The van der Waals surface area contributed by atoms with Gasteiger partial charge in [-0.2, -0.15) is 5.26 Å². The van der Waals surface area contributed by atoms with Crippen LogP contribution >= 0.6 is 11.6 Å². The fourth-order valence-corrected chi connectivity index (χ4v) is 1.41. The van der Waals surface area contributed by atoms with Crippen molar-refractivity contribution >= 4 is 11.6 Å². The van der Waals surface area contributed by atoms with Gasteiger partial charge >= 0.3 is 0 Å². The molecule has 0 radical (unpaired) electrons. The Balaban J connectivity index is 2.15. The number of benzene rings is 1. The second-order valence-electron chi connectivity index (χ2n) is 3.17. The number of hydrogen-bond acceptors (Lipinski definition) is 3. The summed E-state index contributed by atoms with van der Waals surface area (Å²) in [6.45, 7) is 0.353. The molecule has 1 aromatic carbocycles. The van der Waals surface area contributed by atoms with Crippen LogP contribution in [0.25, 0.3) is 0 Å². The maximum absolute atomic E-state index is 8.87. The third-order valence-corrected chi connectivity index (χ3v) is 2.27. The molecule has 0 spiro atoms. The average molecular weight is 234 g/mol. The molecule has 0 aliphatic carbocycles. The SMILES string of the molecule is N#Cc1ccc(Cl)cc1OCc1ccoc1. The Hall–Kier alpha value is -1.92. The molecule has 0 amide bonds. The van der Waals surface area contributed by atoms with Crippen molar-refractivity contribution in [3.05, 3.63) is 52.9 Å². The van der Waals surface area contributed by atoms with Crippen LogP contribution in [0.4, 0.5) is 0 Å². The molecule has 0 unspecified atom stereocenters. The molecule has 80 valence electrons. The Morgan fingerprint density at radius 3 is 2.94 bits per heavy atom. The maximum atomic E-state index is 8.87. The van der Waals surface area contributed by atoms with Crippen LogP contribution in [0.5, 0.6) is 5.75 Å². The van der Waals surface area contributed by atoms with Crippen molar-refractivity contribution in [1.82, 2.24) is 0 Å². The molecule has 0 atom stereocenters. The molecule has 0 saturated carbocycles. The van der Waals surface area contributed by atoms with Gasteiger partial charge in [-0.1, -0.05) is 11.6 Å². The van der Waals surface area contributed by atoms with Crippen LogP contribution in [0.1, 0.15) is 11.1 Å². The van der Waals surface area contributed by atoms with Crippen LogP contribution in [0.3, 0.4) is 0 Å². The Labute approximate surface area is 97.8 Å². The molecule has 0 bridgehead atoms. The zero-order valence-corrected chi connectivity index (χ0v) is 9.07. The van der Waals surface area contributed by atoms with Crippen molar-refractivity contribution in [3.8, 4) is 11.8 Å². The molecule has 0 aliphatic heterocycles. The lowest BCUT2D eigenvalue weighted by molar-refractivity contribution is 0.304. The molecule has 2 aromatic rings. The van der Waals surface area contributed by atoms with Crippen LogP contribution in [-0.2, 0) is 6.61 Å². The van der Waals surface area contributed by atoms with Gasteiger partial charge in [0.1, 0.15) is 18.4 Å². The van der Waals surface area contributed by atoms with Crippen LogP contribution in [0, 0.1) is 11.3 Å². The minimum Gasteiger partial charge on any atom is -0.487 e. The summed E-state index contributed by atoms with van der Waals surface area (Å²) in [4.78, 5) is 0. The summed E-state index contributed by atoms with van der Waals surface area (Å²) in [6.07, 6.45) is 3.17. The minimum absolute atomic E-state index is 0.353. The fraction of sp³-hybridized carbons (Fsp3) is 0.0833. The van der Waals surface area contributed by atoms with Gasteiger partial charge in [0.15, 0.2) is 0 Å². The molecular weight excluding hydrogens is 226 g/mol. The van der Waals surface area contributed by atoms with E-state index in [-0.39, 0.29) is 0 Å². The van der Waals surface area contributed by atoms with E-state index in [1.165, 1.54) is 0 Å². The quantitative estimate of drug-likeness (QED) is 0.816. The van der Waals surface area contributed by atoms with E-state index in [1.54, 1.807) is 36.8 Å². The normalized spacial score (nSPS) is 9.75. The van der Waals surface area contributed by atoms with Gasteiger partial charge in [0.25, 0.3) is 0 Å². The summed E-state index contributed by atoms with van der Waals surface area (Å²) in [6, 6.07) is 8.76. The lowest BCUT2D eigenvalue weighted by Crippen LogP contribution is -1.95. The first-order chi connectivity index (χ1) is 7.79. The summed E-state index contributed by atoms with van der Waals surface area (Å²) in [5.74, 6) is 0.483. The van der Waals surface area contributed by atoms with Crippen LogP contribution in [0.15, 0.2) is 41.2 Å². The van der Waals surface area contributed by atoms with Gasteiger partial charge in [0.05, 0.1) is 18.1 Å². The van der Waals surface area contributed by atoms with Gasteiger partial charge < -0.3 is 9.15 Å². The number of nitriles is 1. The maximum Gasteiger partial charge on any atom is 0.139 e. The monoisotopic (exact) mass is 233 g/mol. The summed E-state index contributed by atoms with van der Waals surface area (Å²) in [5.41, 5.74) is 1.37. The molecule has 1 aromatic heterocycles. The summed E-state index contributed by atoms with van der Waals surface area (Å²) in [5, 5.41) is 9.42. The predicted octanol–water partition coefficient (Wildman–Crippen LogP) is 3.38. The van der Waals surface area contributed by atoms with Crippen molar-refractivity contribution in [1.29, 1.82) is 5.26 Å². The number of rotatable bonds is 3. The van der Waals surface area contributed by atoms with Crippen LogP contribution in [-0.4, -0.2) is 0 Å². The summed E-state index contributed by atoms with van der Waals surface area (Å²) < 4.78 is 10.4. The fourth-order valence-electron chi connectivity index (χ4n) is 1.24. The highest BCUT2D eigenvalue weighted by Gasteiger charge is 2.04. The Bertz CT molecular complexity index is 514. The number of nitrogens with zero attached hydrogens (tertiary/aromatic N) is 1. The standard InChI is InChI=1S/C12H8ClNO2/c13-11-2-1-10(6-14)12(5-11)16-8-9-3-4-15-7-9/h1-5,7H,8H2. The van der Waals surface area contributed by atoms with Gasteiger partial charge in [0, 0.05) is 16.7 Å². The molecule has 0 aliphatic rings. The molecular formula is C12H8ClNO2. The van der Waals surface area contributed by atoms with Crippen molar-refractivity contribution < 1.29 is 9.15 Å². The van der Waals surface area contributed by atoms with Crippen molar-refractivity contribution in [2.75, 3.05) is 0 Å². The van der Waals surface area contributed by atoms with E-state index in [2.05, 4.69) is 0 Å². The van der Waals surface area contributed by atoms with E-state index in [9.17, 15) is 0 Å². The number of halogens is 1. The van der Waals surface area contributed by atoms with Crippen molar-refractivity contribution in [3.63, 3.8) is 0 Å². The third-order valence-electron chi connectivity index (χ3n) is 2.04. The van der Waals surface area contributed by atoms with E-state index in [0.717, 1.165) is 5.56 Å². The molecule has 1 heterocycles. The average Bonchev–Trinajstić information content (AvgIpc) is 2.79. The first-order valence-corrected chi connectivity index (χ1v) is 5.01.